The molecular formula is C27H29N3O5. The van der Waals surface area contributed by atoms with Gasteiger partial charge < -0.3 is 10.1 Å². The number of ether oxygens (including phenoxy) is 1. The molecule has 8 heteroatoms. The molecule has 4 amide bonds. The second-order valence-electron chi connectivity index (χ2n) is 9.59. The van der Waals surface area contributed by atoms with Gasteiger partial charge in [-0.3, -0.25) is 24.2 Å². The molecule has 1 saturated carbocycles. The zero-order chi connectivity index (χ0) is 24.6. The quantitative estimate of drug-likeness (QED) is 0.539. The van der Waals surface area contributed by atoms with Crippen LogP contribution in [0.1, 0.15) is 43.7 Å². The molecule has 35 heavy (non-hydrogen) atoms. The molecule has 1 aliphatic carbocycles. The lowest BCUT2D eigenvalue weighted by Gasteiger charge is -2.36. The fraction of sp³-hybridized carbons (Fsp3) is 0.407. The molecule has 182 valence electrons. The molecule has 2 heterocycles. The molecule has 2 fully saturated rings. The highest BCUT2D eigenvalue weighted by Crippen LogP contribution is 2.38. The number of aryl methyl sites for hydroxylation is 2. The van der Waals surface area contributed by atoms with Crippen LogP contribution < -0.4 is 10.2 Å². The number of fused-ring (bicyclic) bond motifs is 2. The van der Waals surface area contributed by atoms with E-state index in [2.05, 4.69) is 5.32 Å². The fourth-order valence-electron chi connectivity index (χ4n) is 5.57. The first-order valence-electron chi connectivity index (χ1n) is 12.2. The Kier molecular flexibility index (Phi) is 6.05. The average Bonchev–Trinajstić information content (AvgIpc) is 3.00. The van der Waals surface area contributed by atoms with Crippen molar-refractivity contribution in [2.24, 2.45) is 5.92 Å². The number of hydrogen-bond acceptors (Lipinski definition) is 5. The molecule has 1 spiro atoms. The van der Waals surface area contributed by atoms with Gasteiger partial charge >= 0.3 is 12.0 Å². The molecule has 2 aliphatic heterocycles. The van der Waals surface area contributed by atoms with Gasteiger partial charge in [-0.15, -0.1) is 0 Å². The zero-order valence-corrected chi connectivity index (χ0v) is 19.8. The largest absolute Gasteiger partial charge is 0.454 e. The Bertz CT molecular complexity index is 1150. The van der Waals surface area contributed by atoms with Crippen molar-refractivity contribution in [2.45, 2.75) is 51.0 Å². The van der Waals surface area contributed by atoms with Crippen LogP contribution in [-0.4, -0.2) is 47.4 Å². The third-order valence-electron chi connectivity index (χ3n) is 7.52. The summed E-state index contributed by atoms with van der Waals surface area (Å²) in [5, 5.41) is 2.82. The van der Waals surface area contributed by atoms with Gasteiger partial charge in [0.25, 0.3) is 11.8 Å². The number of nitrogens with zero attached hydrogens (tertiary/aromatic N) is 2. The molecule has 5 rings (SSSR count). The molecule has 2 aromatic rings. The van der Waals surface area contributed by atoms with E-state index in [9.17, 15) is 19.2 Å². The minimum atomic E-state index is -0.940. The van der Waals surface area contributed by atoms with Crippen LogP contribution in [0.2, 0.25) is 0 Å². The lowest BCUT2D eigenvalue weighted by atomic mass is 9.73. The molecular weight excluding hydrogens is 446 g/mol. The third-order valence-corrected chi connectivity index (χ3v) is 7.52. The van der Waals surface area contributed by atoms with E-state index in [0.717, 1.165) is 59.5 Å². The first-order chi connectivity index (χ1) is 16.9. The maximum Gasteiger partial charge on any atom is 0.326 e. The third kappa shape index (κ3) is 4.07. The number of carbonyl (C=O) groups excluding carboxylic acids is 4. The maximum atomic E-state index is 13.3. The van der Waals surface area contributed by atoms with Crippen molar-refractivity contribution in [3.8, 4) is 0 Å². The molecule has 2 aromatic carbocycles. The summed E-state index contributed by atoms with van der Waals surface area (Å²) in [7, 11) is 0. The molecule has 1 N–H and O–H groups in total. The van der Waals surface area contributed by atoms with Crippen molar-refractivity contribution in [3.05, 3.63) is 59.7 Å². The number of rotatable bonds is 4. The van der Waals surface area contributed by atoms with Crippen molar-refractivity contribution < 1.29 is 23.9 Å². The van der Waals surface area contributed by atoms with Crippen LogP contribution >= 0.6 is 0 Å². The number of esters is 1. The van der Waals surface area contributed by atoms with Gasteiger partial charge in [0.1, 0.15) is 12.1 Å². The second-order valence-corrected chi connectivity index (χ2v) is 9.59. The minimum absolute atomic E-state index is 0.00142. The van der Waals surface area contributed by atoms with Crippen LogP contribution in [0.5, 0.6) is 0 Å². The smallest absolute Gasteiger partial charge is 0.326 e. The summed E-state index contributed by atoms with van der Waals surface area (Å²) < 4.78 is 5.29. The van der Waals surface area contributed by atoms with E-state index >= 15 is 0 Å². The van der Waals surface area contributed by atoms with Gasteiger partial charge in [-0.25, -0.2) is 4.79 Å². The highest BCUT2D eigenvalue weighted by Gasteiger charge is 2.55. The molecule has 2 unspecified atom stereocenters. The van der Waals surface area contributed by atoms with Gasteiger partial charge in [0.15, 0.2) is 6.61 Å². The lowest BCUT2D eigenvalue weighted by molar-refractivity contribution is -0.150. The van der Waals surface area contributed by atoms with E-state index < -0.39 is 36.6 Å². The molecule has 0 radical (unpaired) electrons. The number of carbonyl (C=O) groups is 4. The highest BCUT2D eigenvalue weighted by molar-refractivity contribution is 6.09. The van der Waals surface area contributed by atoms with Gasteiger partial charge in [0.05, 0.1) is 11.4 Å². The number of urea groups is 1. The minimum Gasteiger partial charge on any atom is -0.454 e. The zero-order valence-electron chi connectivity index (χ0n) is 19.8. The standard InChI is InChI=1S/C27H29N3O5/c1-18-8-6-7-15-27(18)25(33)29(26(34)28-27)16-24(32)35-17-23(31)30-21-11-4-2-9-19(21)13-14-20-10-3-5-12-22(20)30/h2-5,9-12,18H,6-8,13-17H2,1H3,(H,28,34). The van der Waals surface area contributed by atoms with E-state index in [1.54, 1.807) is 4.90 Å². The Morgan fingerprint density at radius 2 is 1.63 bits per heavy atom. The van der Waals surface area contributed by atoms with Crippen molar-refractivity contribution in [1.29, 1.82) is 0 Å². The number of benzene rings is 2. The Balaban J connectivity index is 1.29. The first-order valence-corrected chi connectivity index (χ1v) is 12.2. The van der Waals surface area contributed by atoms with Gasteiger partial charge in [-0.1, -0.05) is 56.2 Å². The summed E-state index contributed by atoms with van der Waals surface area (Å²) in [5.74, 6) is -1.57. The molecule has 0 aromatic heterocycles. The monoisotopic (exact) mass is 475 g/mol. The van der Waals surface area contributed by atoms with E-state index in [4.69, 9.17) is 4.74 Å². The van der Waals surface area contributed by atoms with Crippen LogP contribution in [0.4, 0.5) is 16.2 Å². The number of amides is 4. The Labute approximate surface area is 204 Å². The van der Waals surface area contributed by atoms with E-state index in [-0.39, 0.29) is 11.8 Å². The van der Waals surface area contributed by atoms with Crippen LogP contribution in [0.15, 0.2) is 48.5 Å². The normalized spacial score (nSPS) is 23.4. The van der Waals surface area contributed by atoms with Crippen LogP contribution in [0, 0.1) is 5.92 Å². The number of para-hydroxylation sites is 2. The molecule has 0 bridgehead atoms. The molecule has 1 saturated heterocycles. The number of anilines is 2. The number of imide groups is 1. The predicted molar refractivity (Wildman–Crippen MR) is 129 cm³/mol. The highest BCUT2D eigenvalue weighted by atomic mass is 16.5. The lowest BCUT2D eigenvalue weighted by Crippen LogP contribution is -2.54. The first kappa shape index (κ1) is 23.1. The summed E-state index contributed by atoms with van der Waals surface area (Å²) >= 11 is 0. The summed E-state index contributed by atoms with van der Waals surface area (Å²) in [5.41, 5.74) is 2.66. The average molecular weight is 476 g/mol. The van der Waals surface area contributed by atoms with Gasteiger partial charge in [-0.2, -0.15) is 0 Å². The summed E-state index contributed by atoms with van der Waals surface area (Å²) in [4.78, 5) is 54.1. The molecule has 3 aliphatic rings. The number of nitrogens with one attached hydrogen (secondary N) is 1. The van der Waals surface area contributed by atoms with Gasteiger partial charge in [-0.05, 0) is 54.9 Å². The van der Waals surface area contributed by atoms with Crippen molar-refractivity contribution in [2.75, 3.05) is 18.1 Å². The summed E-state index contributed by atoms with van der Waals surface area (Å²) in [6.45, 7) is 0.945. The van der Waals surface area contributed by atoms with Crippen LogP contribution in [0.3, 0.4) is 0 Å². The molecule has 8 nitrogen and oxygen atoms in total. The summed E-state index contributed by atoms with van der Waals surface area (Å²) in [6, 6.07) is 14.8. The van der Waals surface area contributed by atoms with E-state index in [1.807, 2.05) is 55.5 Å². The topological polar surface area (TPSA) is 96.0 Å². The fourth-order valence-corrected chi connectivity index (χ4v) is 5.57. The van der Waals surface area contributed by atoms with Gasteiger partial charge in [0, 0.05) is 0 Å². The Morgan fingerprint density at radius 1 is 1.00 bits per heavy atom. The van der Waals surface area contributed by atoms with Gasteiger partial charge in [0.2, 0.25) is 0 Å². The molecule has 2 atom stereocenters. The number of hydrogen-bond donors (Lipinski definition) is 1. The predicted octanol–water partition coefficient (Wildman–Crippen LogP) is 3.49. The Hall–Kier alpha value is -3.68. The van der Waals surface area contributed by atoms with E-state index in [0.29, 0.717) is 6.42 Å². The van der Waals surface area contributed by atoms with Crippen molar-refractivity contribution in [1.82, 2.24) is 10.2 Å². The van der Waals surface area contributed by atoms with Crippen molar-refractivity contribution in [3.63, 3.8) is 0 Å². The summed E-state index contributed by atoms with van der Waals surface area (Å²) in [6.07, 6.45) is 4.86. The maximum absolute atomic E-state index is 13.3. The SMILES string of the molecule is CC1CCCCC12NC(=O)N(CC(=O)OCC(=O)N1c3ccccc3CCc3ccccc31)C2=O. The van der Waals surface area contributed by atoms with Crippen molar-refractivity contribution >= 4 is 35.2 Å². The Morgan fingerprint density at radius 3 is 2.26 bits per heavy atom. The van der Waals surface area contributed by atoms with E-state index in [1.165, 1.54) is 0 Å². The van der Waals surface area contributed by atoms with Crippen LogP contribution in [0.25, 0.3) is 0 Å². The second kappa shape index (κ2) is 9.17. The van der Waals surface area contributed by atoms with Crippen LogP contribution in [-0.2, 0) is 32.0 Å².